The van der Waals surface area contributed by atoms with Crippen LogP contribution in [0.15, 0.2) is 295 Å². The van der Waals surface area contributed by atoms with E-state index in [1.54, 1.807) is 0 Å². The molecule has 102 heavy (non-hydrogen) atoms. The Kier molecular flexibility index (Phi) is 31.4. The number of aliphatic hydroxyl groups excluding tert-OH is 2. The van der Waals surface area contributed by atoms with Crippen molar-refractivity contribution in [2.24, 2.45) is 0 Å². The van der Waals surface area contributed by atoms with Crippen molar-refractivity contribution in [2.75, 3.05) is 14.2 Å². The number of para-hydroxylation sites is 3. The molecule has 2 N–H and O–H groups in total. The molecule has 515 valence electrons. The summed E-state index contributed by atoms with van der Waals surface area (Å²) < 4.78 is 12.2. The van der Waals surface area contributed by atoms with Gasteiger partial charge in [-0.05, 0) is 134 Å². The maximum atomic E-state index is 7.00. The van der Waals surface area contributed by atoms with E-state index in [0.29, 0.717) is 11.8 Å². The molecule has 0 saturated heterocycles. The summed E-state index contributed by atoms with van der Waals surface area (Å²) in [6.07, 6.45) is 11.0. The number of furan rings is 2. The Labute approximate surface area is 627 Å². The van der Waals surface area contributed by atoms with Crippen molar-refractivity contribution < 1.29 is 59.3 Å². The summed E-state index contributed by atoms with van der Waals surface area (Å²) in [7, 11) is 2.00. The molecule has 10 nitrogen and oxygen atoms in total. The molecule has 1 radical (unpaired) electrons. The van der Waals surface area contributed by atoms with Crippen LogP contribution in [0.1, 0.15) is 72.9 Å². The first-order chi connectivity index (χ1) is 48.9. The van der Waals surface area contributed by atoms with E-state index in [2.05, 4.69) is 201 Å². The van der Waals surface area contributed by atoms with Gasteiger partial charge in [0, 0.05) is 93.2 Å². The van der Waals surface area contributed by atoms with Crippen molar-refractivity contribution >= 4 is 43.9 Å². The summed E-state index contributed by atoms with van der Waals surface area (Å²) in [6, 6.07) is 98.5. The molecule has 0 fully saturated rings. The number of hydrogen-bond donors (Lipinski definition) is 2. The summed E-state index contributed by atoms with van der Waals surface area (Å²) in [4.78, 5) is 26.2. The number of aliphatic hydroxyl groups is 2. The number of aryl methyl sites for hydroxylation is 4. The second-order valence-electron chi connectivity index (χ2n) is 23.7. The number of hydrogen-bond acceptors (Lipinski definition) is 10. The molecule has 16 aromatic rings. The van der Waals surface area contributed by atoms with Crippen molar-refractivity contribution in [3.8, 4) is 67.5 Å². The van der Waals surface area contributed by atoms with Gasteiger partial charge < -0.3 is 44.0 Å². The second kappa shape index (κ2) is 40.7. The number of fused-ring (bicyclic) bond motifs is 6. The smallest absolute Gasteiger partial charge is 0.501 e. The Morgan fingerprint density at radius 1 is 0.304 bits per heavy atom. The Balaban J connectivity index is 0.000000172. The number of pyridine rings is 6. The van der Waals surface area contributed by atoms with E-state index in [1.807, 2.05) is 201 Å². The first kappa shape index (κ1) is 78.8. The molecular weight excluding hydrogens is 1610 g/mol. The first-order valence-electron chi connectivity index (χ1n) is 33.1. The van der Waals surface area contributed by atoms with Gasteiger partial charge in [-0.2, -0.15) is 0 Å². The largest absolute Gasteiger partial charge is 3.00 e. The third kappa shape index (κ3) is 21.7. The van der Waals surface area contributed by atoms with E-state index in [9.17, 15) is 0 Å². The molecule has 0 aliphatic heterocycles. The van der Waals surface area contributed by atoms with Gasteiger partial charge in [0.25, 0.3) is 0 Å². The quantitative estimate of drug-likeness (QED) is 0.141. The van der Waals surface area contributed by atoms with Crippen molar-refractivity contribution in [2.45, 2.75) is 67.2 Å². The summed E-state index contributed by atoms with van der Waals surface area (Å²) in [5.41, 5.74) is 23.0. The SMILES string of the molecule is CC(C)c1ccnc(-c2[c-]ccc3c2oc2ccccc23)c1.CC(C)c1ccnc(-c2cccc3c2oc2ccccc23)c1.CO.CO.Cc1ccnc(-c2[c-]cccc2)c1.Cc1ccnc(-c2[c-]cccc2)c1.Cc1ccnc(-c2[c-]cccc2)c1.Cc1ccnc(-c2[c-]cccc2)c1.[Ir+3].[Ir]. The van der Waals surface area contributed by atoms with Crippen LogP contribution in [0.4, 0.5) is 0 Å². The van der Waals surface area contributed by atoms with Crippen LogP contribution in [-0.2, 0) is 40.2 Å². The summed E-state index contributed by atoms with van der Waals surface area (Å²) in [6.45, 7) is 17.0. The molecule has 0 atom stereocenters. The van der Waals surface area contributed by atoms with E-state index < -0.39 is 0 Å². The van der Waals surface area contributed by atoms with Crippen LogP contribution in [-0.4, -0.2) is 54.3 Å². The Morgan fingerprint density at radius 3 is 1.00 bits per heavy atom. The number of nitrogens with zero attached hydrogens (tertiary/aromatic N) is 6. The van der Waals surface area contributed by atoms with Gasteiger partial charge in [-0.1, -0.05) is 145 Å². The van der Waals surface area contributed by atoms with Crippen molar-refractivity contribution in [3.05, 3.63) is 350 Å². The molecule has 0 aliphatic rings. The molecular formula is C90H81Ir2N6O4-2. The normalized spacial score (nSPS) is 10.2. The topological polar surface area (TPSA) is 144 Å². The van der Waals surface area contributed by atoms with E-state index in [-0.39, 0.29) is 40.2 Å². The minimum absolute atomic E-state index is 0. The van der Waals surface area contributed by atoms with E-state index in [0.717, 1.165) is 126 Å². The van der Waals surface area contributed by atoms with Crippen LogP contribution in [0, 0.1) is 58.0 Å². The summed E-state index contributed by atoms with van der Waals surface area (Å²) in [5, 5.41) is 18.5. The average Bonchev–Trinajstić information content (AvgIpc) is 1.62. The zero-order valence-electron chi connectivity index (χ0n) is 58.9. The van der Waals surface area contributed by atoms with Crippen molar-refractivity contribution in [1.29, 1.82) is 0 Å². The number of benzene rings is 8. The molecule has 16 rings (SSSR count). The fraction of sp³-hybridized carbons (Fsp3) is 0.133. The van der Waals surface area contributed by atoms with Gasteiger partial charge in [-0.15, -0.1) is 162 Å². The molecule has 0 saturated carbocycles. The molecule has 12 heteroatoms. The molecule has 8 aromatic carbocycles. The van der Waals surface area contributed by atoms with Gasteiger partial charge in [-0.3, -0.25) is 4.98 Å². The summed E-state index contributed by atoms with van der Waals surface area (Å²) in [5.74, 6) is 0.952. The fourth-order valence-corrected chi connectivity index (χ4v) is 10.7. The first-order valence-corrected chi connectivity index (χ1v) is 33.1. The van der Waals surface area contributed by atoms with Gasteiger partial charge in [0.15, 0.2) is 0 Å². The van der Waals surface area contributed by atoms with Crippen LogP contribution in [0.5, 0.6) is 0 Å². The van der Waals surface area contributed by atoms with Crippen LogP contribution >= 0.6 is 0 Å². The molecule has 0 spiro atoms. The predicted molar refractivity (Wildman–Crippen MR) is 410 cm³/mol. The monoisotopic (exact) mass is 1700 g/mol. The number of aromatic nitrogens is 6. The van der Waals surface area contributed by atoms with E-state index in [4.69, 9.17) is 19.0 Å². The average molecular weight is 1700 g/mol. The van der Waals surface area contributed by atoms with Crippen LogP contribution in [0.25, 0.3) is 111 Å². The third-order valence-electron chi connectivity index (χ3n) is 15.8. The minimum atomic E-state index is 0. The van der Waals surface area contributed by atoms with E-state index >= 15 is 0 Å². The molecule has 0 amide bonds. The zero-order chi connectivity index (χ0) is 70.6. The Hall–Kier alpha value is -10.5. The van der Waals surface area contributed by atoms with Gasteiger partial charge in [0.05, 0.1) is 11.3 Å². The van der Waals surface area contributed by atoms with Gasteiger partial charge in [-0.25, -0.2) is 0 Å². The zero-order valence-corrected chi connectivity index (χ0v) is 63.6. The molecule has 8 heterocycles. The predicted octanol–water partition coefficient (Wildman–Crippen LogP) is 22.0. The van der Waals surface area contributed by atoms with Crippen molar-refractivity contribution in [1.82, 2.24) is 29.9 Å². The van der Waals surface area contributed by atoms with Gasteiger partial charge >= 0.3 is 20.1 Å². The Bertz CT molecular complexity index is 4660. The molecule has 0 aliphatic carbocycles. The molecule has 0 bridgehead atoms. The molecule has 8 aromatic heterocycles. The minimum Gasteiger partial charge on any atom is -0.501 e. The molecule has 0 unspecified atom stereocenters. The maximum Gasteiger partial charge on any atom is 3.00 e. The second-order valence-corrected chi connectivity index (χ2v) is 23.7. The van der Waals surface area contributed by atoms with Crippen LogP contribution in [0.3, 0.4) is 0 Å². The fourth-order valence-electron chi connectivity index (χ4n) is 10.7. The standard InChI is InChI=1S/C20H17NO.C20H16NO.4C12H10N.2CH4O.2Ir/c2*1-13(2)14-10-11-21-18(12-14)17-8-5-7-16-15-6-3-4-9-19(15)22-20(16)17;4*1-10-7-8-13-12(9-10)11-5-3-2-4-6-11;2*1-2;;/h3-13H,1-2H3;3-7,9-13H,1-2H3;4*2-5,7-9H,1H3;2*2H,1H3;;/q;5*-1;;;;+3. The Morgan fingerprint density at radius 2 is 0.627 bits per heavy atom. The maximum absolute atomic E-state index is 7.00. The van der Waals surface area contributed by atoms with E-state index in [1.165, 1.54) is 33.4 Å². The summed E-state index contributed by atoms with van der Waals surface area (Å²) >= 11 is 0. The van der Waals surface area contributed by atoms with Crippen LogP contribution < -0.4 is 0 Å². The van der Waals surface area contributed by atoms with Crippen LogP contribution in [0.2, 0.25) is 0 Å². The van der Waals surface area contributed by atoms with Gasteiger partial charge in [0.2, 0.25) is 0 Å². The van der Waals surface area contributed by atoms with Crippen molar-refractivity contribution in [3.63, 3.8) is 0 Å². The van der Waals surface area contributed by atoms with Gasteiger partial charge in [0.1, 0.15) is 16.7 Å². The third-order valence-corrected chi connectivity index (χ3v) is 15.8. The number of rotatable bonds is 8.